The molecule has 194 valence electrons. The molecule has 3 aromatic rings. The standard InChI is InChI=1S/C30H33ClN2O4/c1-7-18(2)37-28-17-26-20(14-27(28)36-6)15-29(35)33(23-11-9-22(10-12-23)32(4)5)30(26)24-13-8-21(31)16-25(24)19(3)34/h8-14,16-18,30,34H,3,7,15H2,1-2,4-6H3/t18-,30?/m1/s1. The van der Waals surface area contributed by atoms with Gasteiger partial charge in [0.05, 0.1) is 25.7 Å². The van der Waals surface area contributed by atoms with Crippen molar-refractivity contribution in [3.63, 3.8) is 0 Å². The van der Waals surface area contributed by atoms with Crippen molar-refractivity contribution in [1.29, 1.82) is 0 Å². The van der Waals surface area contributed by atoms with Crippen LogP contribution in [-0.4, -0.2) is 38.3 Å². The second-order valence-corrected chi connectivity index (χ2v) is 9.91. The van der Waals surface area contributed by atoms with Crippen LogP contribution in [0.15, 0.2) is 61.2 Å². The van der Waals surface area contributed by atoms with E-state index in [2.05, 4.69) is 13.5 Å². The Balaban J connectivity index is 1.97. The van der Waals surface area contributed by atoms with E-state index in [-0.39, 0.29) is 24.2 Å². The molecule has 37 heavy (non-hydrogen) atoms. The van der Waals surface area contributed by atoms with Gasteiger partial charge >= 0.3 is 0 Å². The Morgan fingerprint density at radius 3 is 2.43 bits per heavy atom. The lowest BCUT2D eigenvalue weighted by atomic mass is 9.84. The highest BCUT2D eigenvalue weighted by atomic mass is 35.5. The van der Waals surface area contributed by atoms with Gasteiger partial charge in [-0.1, -0.05) is 31.2 Å². The SMILES string of the molecule is C=C(O)c1cc(Cl)ccc1C1c2cc(O[C@H](C)CC)c(OC)cc2CC(=O)N1c1ccc(N(C)C)cc1. The Morgan fingerprint density at radius 2 is 1.84 bits per heavy atom. The van der Waals surface area contributed by atoms with Gasteiger partial charge in [-0.25, -0.2) is 0 Å². The molecule has 7 heteroatoms. The van der Waals surface area contributed by atoms with Crippen LogP contribution in [0.4, 0.5) is 11.4 Å². The first kappa shape index (κ1) is 26.4. The monoisotopic (exact) mass is 520 g/mol. The Morgan fingerprint density at radius 1 is 1.14 bits per heavy atom. The lowest BCUT2D eigenvalue weighted by molar-refractivity contribution is -0.118. The molecule has 1 heterocycles. The fourth-order valence-electron chi connectivity index (χ4n) is 4.64. The number of methoxy groups -OCH3 is 1. The van der Waals surface area contributed by atoms with E-state index in [9.17, 15) is 9.90 Å². The van der Waals surface area contributed by atoms with Gasteiger partial charge in [-0.3, -0.25) is 4.79 Å². The number of amides is 1. The molecule has 1 amide bonds. The zero-order chi connectivity index (χ0) is 26.9. The Bertz CT molecular complexity index is 1320. The third-order valence-corrected chi connectivity index (χ3v) is 6.99. The van der Waals surface area contributed by atoms with Crippen LogP contribution in [0.5, 0.6) is 11.5 Å². The van der Waals surface area contributed by atoms with Gasteiger partial charge in [-0.15, -0.1) is 0 Å². The lowest BCUT2D eigenvalue weighted by Gasteiger charge is -2.39. The van der Waals surface area contributed by atoms with Crippen LogP contribution in [0.2, 0.25) is 5.02 Å². The Labute approximate surface area is 223 Å². The molecule has 2 atom stereocenters. The molecule has 1 aliphatic heterocycles. The van der Waals surface area contributed by atoms with E-state index in [4.69, 9.17) is 21.1 Å². The van der Waals surface area contributed by atoms with E-state index in [1.807, 2.05) is 68.4 Å². The summed E-state index contributed by atoms with van der Waals surface area (Å²) in [5.74, 6) is 0.996. The summed E-state index contributed by atoms with van der Waals surface area (Å²) in [4.78, 5) is 17.5. The molecule has 6 nitrogen and oxygen atoms in total. The van der Waals surface area contributed by atoms with Crippen molar-refractivity contribution in [2.75, 3.05) is 31.0 Å². The molecule has 0 fully saturated rings. The normalized spacial score (nSPS) is 15.7. The number of carbonyl (C=O) groups excluding carboxylic acids is 1. The van der Waals surface area contributed by atoms with Gasteiger partial charge in [-0.05, 0) is 78.6 Å². The number of benzene rings is 3. The van der Waals surface area contributed by atoms with E-state index in [1.165, 1.54) is 0 Å². The Hall–Kier alpha value is -3.64. The molecule has 0 aromatic heterocycles. The first-order valence-electron chi connectivity index (χ1n) is 12.3. The van der Waals surface area contributed by atoms with Crippen molar-refractivity contribution < 1.29 is 19.4 Å². The van der Waals surface area contributed by atoms with Crippen molar-refractivity contribution in [1.82, 2.24) is 0 Å². The predicted molar refractivity (Wildman–Crippen MR) is 150 cm³/mol. The molecule has 0 aliphatic carbocycles. The minimum absolute atomic E-state index is 0.0198. The number of halogens is 1. The van der Waals surface area contributed by atoms with Crippen molar-refractivity contribution in [3.05, 3.63) is 88.5 Å². The molecule has 4 rings (SSSR count). The van der Waals surface area contributed by atoms with Crippen molar-refractivity contribution in [3.8, 4) is 11.5 Å². The van der Waals surface area contributed by atoms with Crippen LogP contribution in [0, 0.1) is 0 Å². The summed E-state index contributed by atoms with van der Waals surface area (Å²) >= 11 is 6.29. The molecular formula is C30H33ClN2O4. The molecule has 1 unspecified atom stereocenters. The molecule has 1 N–H and O–H groups in total. The molecule has 0 radical (unpaired) electrons. The summed E-state index contributed by atoms with van der Waals surface area (Å²) < 4.78 is 11.9. The minimum atomic E-state index is -0.553. The highest BCUT2D eigenvalue weighted by Crippen LogP contribution is 2.45. The average molecular weight is 521 g/mol. The third-order valence-electron chi connectivity index (χ3n) is 6.76. The number of hydrogen-bond donors (Lipinski definition) is 1. The molecule has 0 saturated heterocycles. The smallest absolute Gasteiger partial charge is 0.232 e. The maximum Gasteiger partial charge on any atom is 0.232 e. The number of fused-ring (bicyclic) bond motifs is 1. The molecule has 1 aliphatic rings. The number of aliphatic hydroxyl groups excluding tert-OH is 1. The first-order valence-corrected chi connectivity index (χ1v) is 12.7. The average Bonchev–Trinajstić information content (AvgIpc) is 2.87. The van der Waals surface area contributed by atoms with Gasteiger partial charge in [0.1, 0.15) is 5.76 Å². The van der Waals surface area contributed by atoms with E-state index in [0.29, 0.717) is 27.6 Å². The van der Waals surface area contributed by atoms with E-state index in [0.717, 1.165) is 28.9 Å². The third kappa shape index (κ3) is 5.25. The predicted octanol–water partition coefficient (Wildman–Crippen LogP) is 6.80. The first-order chi connectivity index (χ1) is 17.6. The van der Waals surface area contributed by atoms with Crippen molar-refractivity contribution in [2.24, 2.45) is 0 Å². The van der Waals surface area contributed by atoms with Crippen molar-refractivity contribution in [2.45, 2.75) is 38.8 Å². The highest BCUT2D eigenvalue weighted by molar-refractivity contribution is 6.30. The van der Waals surface area contributed by atoms with Crippen molar-refractivity contribution >= 4 is 34.6 Å². The second kappa shape index (κ2) is 10.8. The van der Waals surface area contributed by atoms with Crippen LogP contribution in [0.25, 0.3) is 5.76 Å². The van der Waals surface area contributed by atoms with Crippen LogP contribution < -0.4 is 19.3 Å². The molecular weight excluding hydrogens is 488 g/mol. The zero-order valence-electron chi connectivity index (χ0n) is 21.9. The molecule has 3 aromatic carbocycles. The largest absolute Gasteiger partial charge is 0.508 e. The highest BCUT2D eigenvalue weighted by Gasteiger charge is 2.37. The number of rotatable bonds is 8. The summed E-state index contributed by atoms with van der Waals surface area (Å²) in [5, 5.41) is 11.0. The number of aliphatic hydroxyl groups is 1. The maximum absolute atomic E-state index is 13.7. The summed E-state index contributed by atoms with van der Waals surface area (Å²) in [6, 6.07) is 16.4. The van der Waals surface area contributed by atoms with Crippen LogP contribution >= 0.6 is 11.6 Å². The lowest BCUT2D eigenvalue weighted by Crippen LogP contribution is -2.41. The van der Waals surface area contributed by atoms with Crippen LogP contribution in [0.3, 0.4) is 0 Å². The molecule has 0 bridgehead atoms. The van der Waals surface area contributed by atoms with Gasteiger partial charge in [0.25, 0.3) is 0 Å². The number of anilines is 2. The fraction of sp³-hybridized carbons (Fsp3) is 0.300. The van der Waals surface area contributed by atoms with Gasteiger partial charge in [0.2, 0.25) is 5.91 Å². The molecule has 0 spiro atoms. The van der Waals surface area contributed by atoms with Gasteiger partial charge in [-0.2, -0.15) is 0 Å². The van der Waals surface area contributed by atoms with E-state index in [1.54, 1.807) is 24.1 Å². The number of hydrogen-bond acceptors (Lipinski definition) is 5. The van der Waals surface area contributed by atoms with E-state index >= 15 is 0 Å². The summed E-state index contributed by atoms with van der Waals surface area (Å²) in [5.41, 5.74) is 4.69. The topological polar surface area (TPSA) is 62.2 Å². The summed E-state index contributed by atoms with van der Waals surface area (Å²) in [6.45, 7) is 7.83. The number of carbonyl (C=O) groups is 1. The fourth-order valence-corrected chi connectivity index (χ4v) is 4.81. The second-order valence-electron chi connectivity index (χ2n) is 9.47. The minimum Gasteiger partial charge on any atom is -0.508 e. The zero-order valence-corrected chi connectivity index (χ0v) is 22.7. The summed E-state index contributed by atoms with van der Waals surface area (Å²) in [7, 11) is 5.54. The van der Waals surface area contributed by atoms with Crippen LogP contribution in [-0.2, 0) is 11.2 Å². The number of ether oxygens (including phenoxy) is 2. The van der Waals surface area contributed by atoms with E-state index < -0.39 is 6.04 Å². The summed E-state index contributed by atoms with van der Waals surface area (Å²) in [6.07, 6.45) is 1.01. The Kier molecular flexibility index (Phi) is 7.69. The van der Waals surface area contributed by atoms with Crippen LogP contribution in [0.1, 0.15) is 48.6 Å². The molecule has 0 saturated carbocycles. The number of nitrogens with zero attached hydrogens (tertiary/aromatic N) is 2. The van der Waals surface area contributed by atoms with Gasteiger partial charge in [0.15, 0.2) is 11.5 Å². The van der Waals surface area contributed by atoms with Gasteiger partial charge in [0, 0.05) is 36.1 Å². The van der Waals surface area contributed by atoms with Gasteiger partial charge < -0.3 is 24.4 Å². The maximum atomic E-state index is 13.7. The quantitative estimate of drug-likeness (QED) is 0.331.